The maximum Gasteiger partial charge on any atom is 0.323 e. The van der Waals surface area contributed by atoms with E-state index in [-0.39, 0.29) is 12.6 Å². The predicted octanol–water partition coefficient (Wildman–Crippen LogP) is 0.981. The van der Waals surface area contributed by atoms with Crippen LogP contribution in [0, 0.1) is 18.6 Å². The van der Waals surface area contributed by atoms with Crippen LogP contribution in [0.25, 0.3) is 5.69 Å². The number of hydrogen-bond donors (Lipinski definition) is 1. The number of hydrogen-bond acceptors (Lipinski definition) is 7. The summed E-state index contributed by atoms with van der Waals surface area (Å²) in [5.74, 6) is -0.370. The first-order valence-corrected chi connectivity index (χ1v) is 8.42. The fourth-order valence-electron chi connectivity index (χ4n) is 3.05. The average molecular weight is 363 g/mol. The number of aliphatic hydroxyl groups excluding tert-OH is 1. The van der Waals surface area contributed by atoms with Crippen molar-refractivity contribution in [1.29, 1.82) is 0 Å². The van der Waals surface area contributed by atoms with Gasteiger partial charge in [0.2, 0.25) is 4.77 Å². The SMILES string of the molecule is COC(=O)[C@@H]1C[C@@H](O)CN1Cn1nnn(-c2cc(C)ccc2C)c1=S. The standard InChI is InChI=1S/C16H21N5O3S/c1-10-4-5-11(2)13(6-10)21-16(25)20(17-18-21)9-19-8-12(22)7-14(19)15(23)24-3/h4-6,12,14,22H,7-9H2,1-3H3/t12-,14+/m1/s1. The Morgan fingerprint density at radius 2 is 2.16 bits per heavy atom. The number of carbonyl (C=O) groups excluding carboxylic acids is 1. The molecule has 2 aromatic rings. The predicted molar refractivity (Wildman–Crippen MR) is 92.8 cm³/mol. The van der Waals surface area contributed by atoms with Crippen molar-refractivity contribution in [2.45, 2.75) is 39.1 Å². The summed E-state index contributed by atoms with van der Waals surface area (Å²) < 4.78 is 8.40. The van der Waals surface area contributed by atoms with E-state index in [0.29, 0.717) is 17.7 Å². The summed E-state index contributed by atoms with van der Waals surface area (Å²) in [5.41, 5.74) is 3.02. The van der Waals surface area contributed by atoms with E-state index in [9.17, 15) is 9.90 Å². The number of aliphatic hydroxyl groups is 1. The van der Waals surface area contributed by atoms with Gasteiger partial charge in [0.05, 0.1) is 25.6 Å². The molecule has 1 fully saturated rings. The lowest BCUT2D eigenvalue weighted by molar-refractivity contribution is -0.146. The van der Waals surface area contributed by atoms with Crippen molar-refractivity contribution in [3.05, 3.63) is 34.1 Å². The maximum atomic E-state index is 11.9. The minimum atomic E-state index is -0.577. The zero-order valence-corrected chi connectivity index (χ0v) is 15.2. The van der Waals surface area contributed by atoms with Crippen molar-refractivity contribution < 1.29 is 14.6 Å². The Bertz CT molecular complexity index is 847. The van der Waals surface area contributed by atoms with Crippen molar-refractivity contribution in [3.63, 3.8) is 0 Å². The van der Waals surface area contributed by atoms with Gasteiger partial charge >= 0.3 is 5.97 Å². The van der Waals surface area contributed by atoms with E-state index >= 15 is 0 Å². The van der Waals surface area contributed by atoms with E-state index in [1.807, 2.05) is 32.0 Å². The Labute approximate surface area is 150 Å². The van der Waals surface area contributed by atoms with Gasteiger partial charge in [-0.1, -0.05) is 12.1 Å². The number of carbonyl (C=O) groups is 1. The molecule has 0 spiro atoms. The highest BCUT2D eigenvalue weighted by Crippen LogP contribution is 2.20. The summed E-state index contributed by atoms with van der Waals surface area (Å²) >= 11 is 5.50. The minimum absolute atomic E-state index is 0.264. The highest BCUT2D eigenvalue weighted by atomic mass is 32.1. The van der Waals surface area contributed by atoms with E-state index < -0.39 is 12.1 Å². The zero-order valence-electron chi connectivity index (χ0n) is 14.4. The van der Waals surface area contributed by atoms with Crippen LogP contribution in [0.15, 0.2) is 18.2 Å². The molecule has 8 nitrogen and oxygen atoms in total. The van der Waals surface area contributed by atoms with Gasteiger partial charge in [-0.25, -0.2) is 4.68 Å². The third-order valence-corrected chi connectivity index (χ3v) is 4.79. The second kappa shape index (κ2) is 7.03. The highest BCUT2D eigenvalue weighted by Gasteiger charge is 2.37. The van der Waals surface area contributed by atoms with Gasteiger partial charge in [-0.2, -0.15) is 4.68 Å². The topological polar surface area (TPSA) is 85.4 Å². The Balaban J connectivity index is 1.88. The molecule has 0 bridgehead atoms. The van der Waals surface area contributed by atoms with Crippen LogP contribution in [0.1, 0.15) is 17.5 Å². The van der Waals surface area contributed by atoms with Gasteiger partial charge in [0.15, 0.2) is 0 Å². The number of esters is 1. The maximum absolute atomic E-state index is 11.9. The number of β-amino-alcohol motifs (C(OH)–C–C–N with tert-alkyl or cyclic N) is 1. The Hall–Kier alpha value is -2.10. The molecule has 1 aromatic carbocycles. The normalized spacial score (nSPS) is 20.8. The second-order valence-corrected chi connectivity index (χ2v) is 6.67. The number of rotatable bonds is 4. The summed E-state index contributed by atoms with van der Waals surface area (Å²) in [6.07, 6.45) is -0.238. The average Bonchev–Trinajstić information content (AvgIpc) is 3.13. The summed E-state index contributed by atoms with van der Waals surface area (Å²) in [7, 11) is 1.34. The van der Waals surface area contributed by atoms with Crippen molar-refractivity contribution in [3.8, 4) is 5.69 Å². The van der Waals surface area contributed by atoms with E-state index in [1.165, 1.54) is 7.11 Å². The number of ether oxygens (including phenoxy) is 1. The Morgan fingerprint density at radius 1 is 1.40 bits per heavy atom. The molecule has 2 heterocycles. The number of aryl methyl sites for hydroxylation is 2. The summed E-state index contributed by atoms with van der Waals surface area (Å²) in [5, 5.41) is 18.2. The molecule has 134 valence electrons. The molecular weight excluding hydrogens is 342 g/mol. The Kier molecular flexibility index (Phi) is 4.98. The van der Waals surface area contributed by atoms with Crippen LogP contribution < -0.4 is 0 Å². The monoisotopic (exact) mass is 363 g/mol. The Morgan fingerprint density at radius 3 is 2.88 bits per heavy atom. The number of methoxy groups -OCH3 is 1. The molecule has 1 aliphatic heterocycles. The smallest absolute Gasteiger partial charge is 0.323 e. The van der Waals surface area contributed by atoms with Crippen LogP contribution in [0.2, 0.25) is 0 Å². The summed E-state index contributed by atoms with van der Waals surface area (Å²) in [6.45, 7) is 4.61. The molecule has 2 atom stereocenters. The van der Waals surface area contributed by atoms with Crippen LogP contribution >= 0.6 is 12.2 Å². The highest BCUT2D eigenvalue weighted by molar-refractivity contribution is 7.71. The molecule has 0 amide bonds. The van der Waals surface area contributed by atoms with Crippen LogP contribution in [-0.2, 0) is 16.2 Å². The van der Waals surface area contributed by atoms with Gasteiger partial charge in [0.1, 0.15) is 6.04 Å². The molecule has 0 saturated carbocycles. The van der Waals surface area contributed by atoms with Crippen LogP contribution in [-0.4, -0.2) is 61.6 Å². The van der Waals surface area contributed by atoms with Crippen molar-refractivity contribution in [2.24, 2.45) is 0 Å². The largest absolute Gasteiger partial charge is 0.468 e. The number of nitrogens with zero attached hydrogens (tertiary/aromatic N) is 5. The van der Waals surface area contributed by atoms with Crippen molar-refractivity contribution in [2.75, 3.05) is 13.7 Å². The number of aromatic nitrogens is 4. The second-order valence-electron chi connectivity index (χ2n) is 6.30. The quantitative estimate of drug-likeness (QED) is 0.640. The van der Waals surface area contributed by atoms with Crippen molar-refractivity contribution >= 4 is 18.2 Å². The molecular formula is C16H21N5O3S. The van der Waals surface area contributed by atoms with Gasteiger partial charge < -0.3 is 9.84 Å². The van der Waals surface area contributed by atoms with Gasteiger partial charge in [-0.15, -0.1) is 0 Å². The molecule has 25 heavy (non-hydrogen) atoms. The molecule has 1 N–H and O–H groups in total. The van der Waals surface area contributed by atoms with Crippen LogP contribution in [0.3, 0.4) is 0 Å². The van der Waals surface area contributed by atoms with Crippen LogP contribution in [0.4, 0.5) is 0 Å². The third-order valence-electron chi connectivity index (χ3n) is 4.40. The minimum Gasteiger partial charge on any atom is -0.468 e. The molecule has 0 aliphatic carbocycles. The number of likely N-dealkylation sites (tertiary alicyclic amines) is 1. The molecule has 9 heteroatoms. The lowest BCUT2D eigenvalue weighted by Gasteiger charge is -2.21. The molecule has 1 aliphatic rings. The lowest BCUT2D eigenvalue weighted by atomic mass is 10.1. The van der Waals surface area contributed by atoms with E-state index in [1.54, 1.807) is 14.3 Å². The first kappa shape index (κ1) is 17.7. The number of tetrazole rings is 1. The third kappa shape index (κ3) is 3.48. The van der Waals surface area contributed by atoms with E-state index in [4.69, 9.17) is 17.0 Å². The van der Waals surface area contributed by atoms with Gasteiger partial charge in [-0.3, -0.25) is 9.69 Å². The first-order valence-electron chi connectivity index (χ1n) is 8.01. The lowest BCUT2D eigenvalue weighted by Crippen LogP contribution is -2.38. The zero-order chi connectivity index (χ0) is 18.1. The van der Waals surface area contributed by atoms with E-state index in [2.05, 4.69) is 10.4 Å². The molecule has 0 unspecified atom stereocenters. The van der Waals surface area contributed by atoms with Gasteiger partial charge in [-0.05, 0) is 53.7 Å². The van der Waals surface area contributed by atoms with Gasteiger partial charge in [0.25, 0.3) is 0 Å². The molecule has 3 rings (SSSR count). The first-order chi connectivity index (χ1) is 11.9. The fraction of sp³-hybridized carbons (Fsp3) is 0.500. The molecule has 0 radical (unpaired) electrons. The summed E-state index contributed by atoms with van der Waals surface area (Å²) in [4.78, 5) is 13.7. The molecule has 1 saturated heterocycles. The van der Waals surface area contributed by atoms with Crippen molar-refractivity contribution in [1.82, 2.24) is 24.7 Å². The molecule has 1 aromatic heterocycles. The van der Waals surface area contributed by atoms with E-state index in [0.717, 1.165) is 16.8 Å². The summed E-state index contributed by atoms with van der Waals surface area (Å²) in [6, 6.07) is 5.53. The van der Waals surface area contributed by atoms with Gasteiger partial charge in [0, 0.05) is 13.0 Å². The number of benzene rings is 1. The van der Waals surface area contributed by atoms with Crippen LogP contribution in [0.5, 0.6) is 0 Å². The fourth-order valence-corrected chi connectivity index (χ4v) is 3.28.